The van der Waals surface area contributed by atoms with Crippen molar-refractivity contribution >= 4 is 12.0 Å². The van der Waals surface area contributed by atoms with Crippen molar-refractivity contribution in [3.63, 3.8) is 0 Å². The van der Waals surface area contributed by atoms with E-state index >= 15 is 0 Å². The molecule has 0 spiro atoms. The first-order valence-corrected chi connectivity index (χ1v) is 6.32. The SMILES string of the molecule is C[C@@H]1CN(C(=O)NCCCN(C)C)C[C@H]1C(=O)O. The molecule has 6 heteroatoms. The number of urea groups is 1. The molecule has 1 fully saturated rings. The number of nitrogens with one attached hydrogen (secondary N) is 1. The molecule has 1 heterocycles. The second-order valence-corrected chi connectivity index (χ2v) is 5.22. The highest BCUT2D eigenvalue weighted by Gasteiger charge is 2.36. The zero-order chi connectivity index (χ0) is 13.7. The second-order valence-electron chi connectivity index (χ2n) is 5.22. The van der Waals surface area contributed by atoms with Gasteiger partial charge in [-0.3, -0.25) is 4.79 Å². The maximum absolute atomic E-state index is 11.8. The first-order chi connectivity index (χ1) is 8.41. The minimum atomic E-state index is -0.814. The van der Waals surface area contributed by atoms with E-state index in [9.17, 15) is 9.59 Å². The van der Waals surface area contributed by atoms with E-state index in [1.165, 1.54) is 0 Å². The van der Waals surface area contributed by atoms with E-state index in [0.717, 1.165) is 13.0 Å². The van der Waals surface area contributed by atoms with Gasteiger partial charge in [0.25, 0.3) is 0 Å². The fourth-order valence-corrected chi connectivity index (χ4v) is 2.16. The smallest absolute Gasteiger partial charge is 0.317 e. The minimum absolute atomic E-state index is 0.0232. The van der Waals surface area contributed by atoms with Crippen molar-refractivity contribution in [2.75, 3.05) is 40.3 Å². The summed E-state index contributed by atoms with van der Waals surface area (Å²) in [5.41, 5.74) is 0. The second kappa shape index (κ2) is 6.58. The van der Waals surface area contributed by atoms with Gasteiger partial charge in [-0.1, -0.05) is 6.92 Å². The average molecular weight is 257 g/mol. The molecule has 0 bridgehead atoms. The molecular weight excluding hydrogens is 234 g/mol. The largest absolute Gasteiger partial charge is 0.481 e. The van der Waals surface area contributed by atoms with Gasteiger partial charge < -0.3 is 20.2 Å². The van der Waals surface area contributed by atoms with Crippen molar-refractivity contribution in [3.8, 4) is 0 Å². The third-order valence-corrected chi connectivity index (χ3v) is 3.28. The zero-order valence-electron chi connectivity index (χ0n) is 11.3. The molecule has 104 valence electrons. The van der Waals surface area contributed by atoms with Crippen LogP contribution in [0.3, 0.4) is 0 Å². The first-order valence-electron chi connectivity index (χ1n) is 6.32. The summed E-state index contributed by atoms with van der Waals surface area (Å²) in [5.74, 6) is -1.22. The number of likely N-dealkylation sites (tertiary alicyclic amines) is 1. The Labute approximate surface area is 108 Å². The summed E-state index contributed by atoms with van der Waals surface area (Å²) in [6, 6.07) is -0.149. The van der Waals surface area contributed by atoms with Gasteiger partial charge in [-0.15, -0.1) is 0 Å². The standard InChI is InChI=1S/C12H23N3O3/c1-9-7-15(8-10(9)11(16)17)12(18)13-5-4-6-14(2)3/h9-10H,4-8H2,1-3H3,(H,13,18)(H,16,17)/t9-,10-/m1/s1. The van der Waals surface area contributed by atoms with Crippen LogP contribution in [0.1, 0.15) is 13.3 Å². The monoisotopic (exact) mass is 257 g/mol. The van der Waals surface area contributed by atoms with E-state index in [1.54, 1.807) is 4.90 Å². The maximum Gasteiger partial charge on any atom is 0.317 e. The van der Waals surface area contributed by atoms with Crippen LogP contribution in [-0.2, 0) is 4.79 Å². The van der Waals surface area contributed by atoms with Crippen LogP contribution >= 0.6 is 0 Å². The van der Waals surface area contributed by atoms with Crippen LogP contribution in [0.4, 0.5) is 4.79 Å². The fraction of sp³-hybridized carbons (Fsp3) is 0.833. The van der Waals surface area contributed by atoms with Gasteiger partial charge in [-0.05, 0) is 33.0 Å². The predicted octanol–water partition coefficient (Wildman–Crippen LogP) is 0.300. The van der Waals surface area contributed by atoms with Crippen LogP contribution in [0.5, 0.6) is 0 Å². The number of amides is 2. The normalized spacial score (nSPS) is 23.4. The van der Waals surface area contributed by atoms with Crippen LogP contribution < -0.4 is 5.32 Å². The number of carboxylic acid groups (broad SMARTS) is 1. The molecule has 1 saturated heterocycles. The molecule has 1 aliphatic rings. The molecular formula is C12H23N3O3. The molecule has 0 saturated carbocycles. The number of carbonyl (C=O) groups excluding carboxylic acids is 1. The number of hydrogen-bond donors (Lipinski definition) is 2. The molecule has 1 aliphatic heterocycles. The number of nitrogens with zero attached hydrogens (tertiary/aromatic N) is 2. The minimum Gasteiger partial charge on any atom is -0.481 e. The lowest BCUT2D eigenvalue weighted by atomic mass is 9.99. The first kappa shape index (κ1) is 14.8. The molecule has 6 nitrogen and oxygen atoms in total. The van der Waals surface area contributed by atoms with Gasteiger partial charge in [0.05, 0.1) is 5.92 Å². The lowest BCUT2D eigenvalue weighted by molar-refractivity contribution is -0.142. The highest BCUT2D eigenvalue weighted by Crippen LogP contribution is 2.22. The van der Waals surface area contributed by atoms with Gasteiger partial charge >= 0.3 is 12.0 Å². The zero-order valence-corrected chi connectivity index (χ0v) is 11.3. The van der Waals surface area contributed by atoms with E-state index in [-0.39, 0.29) is 11.9 Å². The van der Waals surface area contributed by atoms with Gasteiger partial charge in [0.15, 0.2) is 0 Å². The van der Waals surface area contributed by atoms with Crippen LogP contribution in [0.15, 0.2) is 0 Å². The molecule has 18 heavy (non-hydrogen) atoms. The van der Waals surface area contributed by atoms with E-state index < -0.39 is 11.9 Å². The summed E-state index contributed by atoms with van der Waals surface area (Å²) >= 11 is 0. The Morgan fingerprint density at radius 3 is 2.56 bits per heavy atom. The summed E-state index contributed by atoms with van der Waals surface area (Å²) in [7, 11) is 3.98. The highest BCUT2D eigenvalue weighted by molar-refractivity contribution is 5.77. The lowest BCUT2D eigenvalue weighted by Gasteiger charge is -2.17. The Hall–Kier alpha value is -1.30. The van der Waals surface area contributed by atoms with E-state index in [1.807, 2.05) is 21.0 Å². The number of rotatable bonds is 5. The number of carboxylic acids is 1. The van der Waals surface area contributed by atoms with E-state index in [2.05, 4.69) is 10.2 Å². The molecule has 0 aromatic carbocycles. The summed E-state index contributed by atoms with van der Waals surface area (Å²) in [4.78, 5) is 26.4. The van der Waals surface area contributed by atoms with Crippen LogP contribution in [0.2, 0.25) is 0 Å². The van der Waals surface area contributed by atoms with Gasteiger partial charge in [-0.2, -0.15) is 0 Å². The number of carbonyl (C=O) groups is 2. The van der Waals surface area contributed by atoms with Crippen LogP contribution in [0, 0.1) is 11.8 Å². The quantitative estimate of drug-likeness (QED) is 0.695. The Kier molecular flexibility index (Phi) is 5.40. The summed E-state index contributed by atoms with van der Waals surface area (Å²) in [5, 5.41) is 11.8. The molecule has 0 radical (unpaired) electrons. The topological polar surface area (TPSA) is 72.9 Å². The molecule has 0 aliphatic carbocycles. The van der Waals surface area contributed by atoms with Crippen molar-refractivity contribution in [3.05, 3.63) is 0 Å². The average Bonchev–Trinajstić information content (AvgIpc) is 2.66. The summed E-state index contributed by atoms with van der Waals surface area (Å²) in [6.45, 7) is 4.26. The van der Waals surface area contributed by atoms with Crippen LogP contribution in [-0.4, -0.2) is 67.2 Å². The van der Waals surface area contributed by atoms with E-state index in [4.69, 9.17) is 5.11 Å². The molecule has 1 rings (SSSR count). The van der Waals surface area contributed by atoms with Crippen molar-refractivity contribution in [1.82, 2.24) is 15.1 Å². The van der Waals surface area contributed by atoms with Crippen LogP contribution in [0.25, 0.3) is 0 Å². The number of aliphatic carboxylic acids is 1. The van der Waals surface area contributed by atoms with Crippen molar-refractivity contribution in [1.29, 1.82) is 0 Å². The molecule has 2 amide bonds. The van der Waals surface area contributed by atoms with E-state index in [0.29, 0.717) is 19.6 Å². The third kappa shape index (κ3) is 4.18. The highest BCUT2D eigenvalue weighted by atomic mass is 16.4. The number of hydrogen-bond acceptors (Lipinski definition) is 3. The molecule has 0 aromatic heterocycles. The van der Waals surface area contributed by atoms with Crippen molar-refractivity contribution in [2.45, 2.75) is 13.3 Å². The summed E-state index contributed by atoms with van der Waals surface area (Å²) in [6.07, 6.45) is 0.893. The van der Waals surface area contributed by atoms with Gasteiger partial charge in [-0.25, -0.2) is 4.79 Å². The molecule has 2 N–H and O–H groups in total. The Bertz CT molecular complexity index is 307. The lowest BCUT2D eigenvalue weighted by Crippen LogP contribution is -2.39. The Balaban J connectivity index is 2.29. The molecule has 2 atom stereocenters. The Morgan fingerprint density at radius 2 is 2.06 bits per heavy atom. The molecule has 0 unspecified atom stereocenters. The fourth-order valence-electron chi connectivity index (χ4n) is 2.16. The predicted molar refractivity (Wildman–Crippen MR) is 68.4 cm³/mol. The molecule has 0 aromatic rings. The van der Waals surface area contributed by atoms with Crippen molar-refractivity contribution in [2.24, 2.45) is 11.8 Å². The van der Waals surface area contributed by atoms with Gasteiger partial charge in [0.2, 0.25) is 0 Å². The maximum atomic E-state index is 11.8. The Morgan fingerprint density at radius 1 is 1.39 bits per heavy atom. The van der Waals surface area contributed by atoms with Crippen molar-refractivity contribution < 1.29 is 14.7 Å². The van der Waals surface area contributed by atoms with Gasteiger partial charge in [0.1, 0.15) is 0 Å². The third-order valence-electron chi connectivity index (χ3n) is 3.28. The van der Waals surface area contributed by atoms with Gasteiger partial charge in [0, 0.05) is 19.6 Å². The summed E-state index contributed by atoms with van der Waals surface area (Å²) < 4.78 is 0.